The molecule has 0 aromatic rings. The average molecular weight is 181 g/mol. The summed E-state index contributed by atoms with van der Waals surface area (Å²) in [6, 6.07) is 0. The third-order valence-electron chi connectivity index (χ3n) is 2.63. The van der Waals surface area contributed by atoms with E-state index in [1.807, 2.05) is 6.92 Å². The first-order valence-corrected chi connectivity index (χ1v) is 4.61. The Balaban J connectivity index is 2.38. The van der Waals surface area contributed by atoms with Gasteiger partial charge in [-0.05, 0) is 18.9 Å². The molecule has 0 aromatic carbocycles. The van der Waals surface area contributed by atoms with Crippen molar-refractivity contribution in [1.82, 2.24) is 16.0 Å². The molecule has 0 saturated heterocycles. The summed E-state index contributed by atoms with van der Waals surface area (Å²) in [7, 11) is 0. The Morgan fingerprint density at radius 3 is 2.92 bits per heavy atom. The second-order valence-corrected chi connectivity index (χ2v) is 3.35. The minimum atomic E-state index is 0.0937. The summed E-state index contributed by atoms with van der Waals surface area (Å²) in [5, 5.41) is 19.1. The van der Waals surface area contributed by atoms with Gasteiger partial charge >= 0.3 is 0 Å². The highest BCUT2D eigenvalue weighted by Gasteiger charge is 2.30. The summed E-state index contributed by atoms with van der Waals surface area (Å²) >= 11 is 0. The normalized spacial score (nSPS) is 27.1. The summed E-state index contributed by atoms with van der Waals surface area (Å²) in [5.41, 5.74) is 3.33. The van der Waals surface area contributed by atoms with E-state index in [-0.39, 0.29) is 6.17 Å². The molecule has 2 heterocycles. The molecule has 0 fully saturated rings. The summed E-state index contributed by atoms with van der Waals surface area (Å²) in [5.74, 6) is 0.303. The van der Waals surface area contributed by atoms with Gasteiger partial charge in [-0.1, -0.05) is 6.92 Å². The van der Waals surface area contributed by atoms with E-state index < -0.39 is 0 Å². The molecule has 0 radical (unpaired) electrons. The van der Waals surface area contributed by atoms with Crippen molar-refractivity contribution >= 4 is 0 Å². The molecule has 4 N–H and O–H groups in total. The van der Waals surface area contributed by atoms with Crippen LogP contribution in [0.25, 0.3) is 0 Å². The Morgan fingerprint density at radius 1 is 1.54 bits per heavy atom. The van der Waals surface area contributed by atoms with E-state index in [1.54, 1.807) is 0 Å². The van der Waals surface area contributed by atoms with Gasteiger partial charge in [-0.15, -0.1) is 0 Å². The fourth-order valence-corrected chi connectivity index (χ4v) is 1.90. The van der Waals surface area contributed by atoms with Crippen LogP contribution in [0.2, 0.25) is 0 Å². The van der Waals surface area contributed by atoms with Crippen LogP contribution in [0.3, 0.4) is 0 Å². The summed E-state index contributed by atoms with van der Waals surface area (Å²) in [6.45, 7) is 4.75. The van der Waals surface area contributed by atoms with Gasteiger partial charge in [-0.3, -0.25) is 5.32 Å². The predicted octanol–water partition coefficient (Wildman–Crippen LogP) is 0.520. The second kappa shape index (κ2) is 2.96. The SMILES string of the molecule is CCC1=C(C)C2=C(O)NCNC2N1. The third kappa shape index (κ3) is 1.18. The molecular weight excluding hydrogens is 166 g/mol. The molecule has 13 heavy (non-hydrogen) atoms. The molecule has 1 atom stereocenters. The molecule has 0 amide bonds. The van der Waals surface area contributed by atoms with Crippen LogP contribution in [0.5, 0.6) is 0 Å². The van der Waals surface area contributed by atoms with Gasteiger partial charge in [0, 0.05) is 5.70 Å². The molecule has 2 aliphatic heterocycles. The third-order valence-corrected chi connectivity index (χ3v) is 2.63. The maximum absolute atomic E-state index is 9.62. The van der Waals surface area contributed by atoms with Crippen LogP contribution >= 0.6 is 0 Å². The molecule has 0 saturated carbocycles. The Bertz CT molecular complexity index is 293. The lowest BCUT2D eigenvalue weighted by molar-refractivity contribution is 0.316. The van der Waals surface area contributed by atoms with Crippen LogP contribution in [-0.2, 0) is 0 Å². The van der Waals surface area contributed by atoms with Gasteiger partial charge in [0.1, 0.15) is 6.17 Å². The van der Waals surface area contributed by atoms with Crippen molar-refractivity contribution in [3.63, 3.8) is 0 Å². The lowest BCUT2D eigenvalue weighted by Crippen LogP contribution is -2.48. The lowest BCUT2D eigenvalue weighted by Gasteiger charge is -2.24. The topological polar surface area (TPSA) is 56.3 Å². The van der Waals surface area contributed by atoms with Gasteiger partial charge in [0.25, 0.3) is 0 Å². The first-order chi connectivity index (χ1) is 6.24. The van der Waals surface area contributed by atoms with E-state index >= 15 is 0 Å². The van der Waals surface area contributed by atoms with Crippen molar-refractivity contribution in [1.29, 1.82) is 0 Å². The monoisotopic (exact) mass is 181 g/mol. The van der Waals surface area contributed by atoms with E-state index in [1.165, 1.54) is 5.70 Å². The van der Waals surface area contributed by atoms with Crippen LogP contribution in [0.15, 0.2) is 22.7 Å². The van der Waals surface area contributed by atoms with E-state index in [2.05, 4.69) is 22.9 Å². The Hall–Kier alpha value is -1.16. The smallest absolute Gasteiger partial charge is 0.192 e. The van der Waals surface area contributed by atoms with Crippen molar-refractivity contribution in [3.05, 3.63) is 22.7 Å². The van der Waals surface area contributed by atoms with Crippen LogP contribution in [0.1, 0.15) is 20.3 Å². The molecule has 4 nitrogen and oxygen atoms in total. The molecule has 2 rings (SSSR count). The number of hydrogen-bond acceptors (Lipinski definition) is 4. The highest BCUT2D eigenvalue weighted by molar-refractivity contribution is 5.44. The van der Waals surface area contributed by atoms with Gasteiger partial charge in [-0.25, -0.2) is 0 Å². The molecule has 0 aromatic heterocycles. The van der Waals surface area contributed by atoms with Gasteiger partial charge in [-0.2, -0.15) is 0 Å². The molecule has 0 aliphatic carbocycles. The van der Waals surface area contributed by atoms with Gasteiger partial charge < -0.3 is 15.7 Å². The van der Waals surface area contributed by atoms with Crippen molar-refractivity contribution in [2.75, 3.05) is 6.67 Å². The minimum absolute atomic E-state index is 0.0937. The minimum Gasteiger partial charge on any atom is -0.494 e. The molecule has 0 spiro atoms. The zero-order valence-corrected chi connectivity index (χ0v) is 7.94. The van der Waals surface area contributed by atoms with Crippen LogP contribution < -0.4 is 16.0 Å². The molecular formula is C9H15N3O. The van der Waals surface area contributed by atoms with Crippen molar-refractivity contribution < 1.29 is 5.11 Å². The maximum atomic E-state index is 9.62. The molecule has 4 heteroatoms. The highest BCUT2D eigenvalue weighted by Crippen LogP contribution is 2.27. The molecule has 1 unspecified atom stereocenters. The maximum Gasteiger partial charge on any atom is 0.192 e. The Labute approximate surface area is 77.7 Å². The zero-order valence-electron chi connectivity index (χ0n) is 7.94. The van der Waals surface area contributed by atoms with Gasteiger partial charge in [0.15, 0.2) is 5.88 Å². The van der Waals surface area contributed by atoms with Crippen molar-refractivity contribution in [3.8, 4) is 0 Å². The second-order valence-electron chi connectivity index (χ2n) is 3.35. The number of rotatable bonds is 1. The number of fused-ring (bicyclic) bond motifs is 1. The Kier molecular flexibility index (Phi) is 1.92. The Morgan fingerprint density at radius 2 is 2.31 bits per heavy atom. The number of allylic oxidation sites excluding steroid dienone is 1. The molecule has 0 bridgehead atoms. The van der Waals surface area contributed by atoms with Gasteiger partial charge in [0.05, 0.1) is 12.2 Å². The summed E-state index contributed by atoms with van der Waals surface area (Å²) < 4.78 is 0. The standard InChI is InChI=1S/C9H15N3O/c1-3-6-5(2)7-8(12-6)10-4-11-9(7)13/h8,10-13H,3-4H2,1-2H3. The molecule has 72 valence electrons. The molecule has 2 aliphatic rings. The van der Waals surface area contributed by atoms with Crippen molar-refractivity contribution in [2.45, 2.75) is 26.4 Å². The number of aliphatic hydroxyl groups excluding tert-OH is 1. The van der Waals surface area contributed by atoms with E-state index in [0.29, 0.717) is 12.6 Å². The fourth-order valence-electron chi connectivity index (χ4n) is 1.90. The number of nitrogens with one attached hydrogen (secondary N) is 3. The van der Waals surface area contributed by atoms with Gasteiger partial charge in [0.2, 0.25) is 0 Å². The van der Waals surface area contributed by atoms with Crippen molar-refractivity contribution in [2.24, 2.45) is 0 Å². The van der Waals surface area contributed by atoms with Crippen LogP contribution in [0, 0.1) is 0 Å². The number of aliphatic hydroxyl groups is 1. The van der Waals surface area contributed by atoms with E-state index in [9.17, 15) is 5.11 Å². The fraction of sp³-hybridized carbons (Fsp3) is 0.556. The summed E-state index contributed by atoms with van der Waals surface area (Å²) in [6.07, 6.45) is 1.07. The van der Waals surface area contributed by atoms with E-state index in [4.69, 9.17) is 0 Å². The average Bonchev–Trinajstić information content (AvgIpc) is 2.44. The summed E-state index contributed by atoms with van der Waals surface area (Å²) in [4.78, 5) is 0. The first kappa shape index (κ1) is 8.44. The van der Waals surface area contributed by atoms with Crippen LogP contribution in [-0.4, -0.2) is 17.9 Å². The quantitative estimate of drug-likeness (QED) is 0.476. The zero-order chi connectivity index (χ0) is 9.42. The van der Waals surface area contributed by atoms with Crippen LogP contribution in [0.4, 0.5) is 0 Å². The first-order valence-electron chi connectivity index (χ1n) is 4.61. The predicted molar refractivity (Wildman–Crippen MR) is 50.7 cm³/mol. The highest BCUT2D eigenvalue weighted by atomic mass is 16.3. The largest absolute Gasteiger partial charge is 0.494 e. The van der Waals surface area contributed by atoms with E-state index in [0.717, 1.165) is 17.6 Å². The number of hydrogen-bond donors (Lipinski definition) is 4. The lowest BCUT2D eigenvalue weighted by atomic mass is 10.1.